The summed E-state index contributed by atoms with van der Waals surface area (Å²) >= 11 is 6.03. The maximum Gasteiger partial charge on any atom is 0.258 e. The van der Waals surface area contributed by atoms with E-state index in [4.69, 9.17) is 16.3 Å². The molecule has 0 radical (unpaired) electrons. The van der Waals surface area contributed by atoms with E-state index in [0.29, 0.717) is 28.3 Å². The van der Waals surface area contributed by atoms with Crippen molar-refractivity contribution in [1.82, 2.24) is 9.97 Å². The molecular formula is C21H24ClN5O4. The van der Waals surface area contributed by atoms with Gasteiger partial charge in [0, 0.05) is 24.5 Å². The first-order chi connectivity index (χ1) is 14.9. The van der Waals surface area contributed by atoms with Crippen LogP contribution in [-0.4, -0.2) is 42.0 Å². The van der Waals surface area contributed by atoms with E-state index < -0.39 is 17.4 Å². The van der Waals surface area contributed by atoms with Crippen LogP contribution in [-0.2, 0) is 9.59 Å². The first-order valence-corrected chi connectivity index (χ1v) is 10.6. The van der Waals surface area contributed by atoms with Crippen molar-refractivity contribution in [1.29, 1.82) is 0 Å². The fourth-order valence-corrected chi connectivity index (χ4v) is 4.28. The van der Waals surface area contributed by atoms with Crippen LogP contribution in [0.2, 0.25) is 5.02 Å². The predicted molar refractivity (Wildman–Crippen MR) is 118 cm³/mol. The molecule has 0 bridgehead atoms. The zero-order chi connectivity index (χ0) is 22.1. The molecule has 2 aliphatic heterocycles. The van der Waals surface area contributed by atoms with E-state index in [2.05, 4.69) is 27.5 Å². The summed E-state index contributed by atoms with van der Waals surface area (Å²) in [5.41, 5.74) is 0.0687. The average Bonchev–Trinajstić information content (AvgIpc) is 2.73. The predicted octanol–water partition coefficient (Wildman–Crippen LogP) is 2.73. The summed E-state index contributed by atoms with van der Waals surface area (Å²) in [7, 11) is 1.47. The smallest absolute Gasteiger partial charge is 0.258 e. The Labute approximate surface area is 184 Å². The molecule has 2 atom stereocenters. The van der Waals surface area contributed by atoms with Crippen molar-refractivity contribution >= 4 is 40.9 Å². The van der Waals surface area contributed by atoms with Crippen LogP contribution in [0.3, 0.4) is 0 Å². The molecular weight excluding hydrogens is 422 g/mol. The number of nitrogens with zero attached hydrogens (tertiary/aromatic N) is 2. The van der Waals surface area contributed by atoms with Gasteiger partial charge in [0.2, 0.25) is 17.8 Å². The van der Waals surface area contributed by atoms with E-state index in [-0.39, 0.29) is 23.7 Å². The Morgan fingerprint density at radius 3 is 2.90 bits per heavy atom. The number of amides is 2. The normalized spacial score (nSPS) is 20.6. The number of piperidine rings is 1. The van der Waals surface area contributed by atoms with E-state index in [1.54, 1.807) is 18.2 Å². The van der Waals surface area contributed by atoms with Gasteiger partial charge in [0.05, 0.1) is 24.3 Å². The minimum absolute atomic E-state index is 0.131. The van der Waals surface area contributed by atoms with Crippen molar-refractivity contribution in [2.45, 2.75) is 32.1 Å². The van der Waals surface area contributed by atoms with Gasteiger partial charge in [-0.25, -0.2) is 0 Å². The van der Waals surface area contributed by atoms with Crippen LogP contribution in [0.4, 0.5) is 17.5 Å². The second kappa shape index (κ2) is 8.58. The number of aromatic nitrogens is 2. The molecule has 1 aromatic carbocycles. The lowest BCUT2D eigenvalue weighted by Gasteiger charge is -2.32. The monoisotopic (exact) mass is 445 g/mol. The van der Waals surface area contributed by atoms with Crippen LogP contribution < -0.4 is 25.8 Å². The molecule has 1 saturated heterocycles. The molecule has 1 fully saturated rings. The number of rotatable bonds is 4. The zero-order valence-electron chi connectivity index (χ0n) is 17.3. The Hall–Kier alpha value is -3.07. The van der Waals surface area contributed by atoms with Crippen LogP contribution in [0.25, 0.3) is 0 Å². The van der Waals surface area contributed by atoms with Crippen molar-refractivity contribution in [3.8, 4) is 5.75 Å². The Morgan fingerprint density at radius 2 is 2.16 bits per heavy atom. The second-order valence-electron chi connectivity index (χ2n) is 7.98. The van der Waals surface area contributed by atoms with Crippen molar-refractivity contribution < 1.29 is 14.3 Å². The number of halogens is 1. The highest BCUT2D eigenvalue weighted by Gasteiger charge is 2.35. The van der Waals surface area contributed by atoms with Crippen molar-refractivity contribution in [3.05, 3.63) is 39.1 Å². The summed E-state index contributed by atoms with van der Waals surface area (Å²) in [5, 5.41) is 5.79. The van der Waals surface area contributed by atoms with Crippen LogP contribution in [0.1, 0.15) is 37.7 Å². The highest BCUT2D eigenvalue weighted by atomic mass is 35.5. The molecule has 2 amide bonds. The maximum absolute atomic E-state index is 13.1. The van der Waals surface area contributed by atoms with Gasteiger partial charge in [-0.05, 0) is 37.0 Å². The largest absolute Gasteiger partial charge is 0.495 e. The maximum atomic E-state index is 13.1. The molecule has 10 heteroatoms. The third kappa shape index (κ3) is 4.36. The molecule has 1 aromatic heterocycles. The highest BCUT2D eigenvalue weighted by Crippen LogP contribution is 2.33. The van der Waals surface area contributed by atoms with Gasteiger partial charge in [-0.3, -0.25) is 19.4 Å². The molecule has 3 heterocycles. The van der Waals surface area contributed by atoms with Crippen molar-refractivity contribution in [2.24, 2.45) is 5.92 Å². The minimum atomic E-state index is -0.988. The molecule has 2 aliphatic rings. The number of carbonyl (C=O) groups is 2. The van der Waals surface area contributed by atoms with Gasteiger partial charge < -0.3 is 20.3 Å². The summed E-state index contributed by atoms with van der Waals surface area (Å²) in [6.45, 7) is 3.70. The van der Waals surface area contributed by atoms with Crippen LogP contribution in [0.5, 0.6) is 5.75 Å². The lowest BCUT2D eigenvalue weighted by atomic mass is 9.92. The molecule has 4 rings (SSSR count). The molecule has 9 nitrogen and oxygen atoms in total. The van der Waals surface area contributed by atoms with Crippen LogP contribution in [0, 0.1) is 5.92 Å². The number of hydrogen-bond donors (Lipinski definition) is 3. The molecule has 164 valence electrons. The van der Waals surface area contributed by atoms with E-state index >= 15 is 0 Å². The topological polar surface area (TPSA) is 116 Å². The number of H-pyrrole nitrogens is 1. The summed E-state index contributed by atoms with van der Waals surface area (Å²) < 4.78 is 5.26. The molecule has 2 aromatic rings. The first-order valence-electron chi connectivity index (χ1n) is 10.2. The van der Waals surface area contributed by atoms with Crippen molar-refractivity contribution in [2.75, 3.05) is 35.7 Å². The molecule has 0 saturated carbocycles. The second-order valence-corrected chi connectivity index (χ2v) is 8.42. The Morgan fingerprint density at radius 1 is 1.35 bits per heavy atom. The lowest BCUT2D eigenvalue weighted by molar-refractivity contribution is -0.123. The SMILES string of the molecule is COc1ccc(Cl)cc1NC(=O)C1CC(=O)Nc2nc(N3CCCC(C)C3)[nH]c(=O)c21. The number of methoxy groups -OCH3 is 1. The lowest BCUT2D eigenvalue weighted by Crippen LogP contribution is -2.40. The number of ether oxygens (including phenoxy) is 1. The van der Waals surface area contributed by atoms with E-state index in [9.17, 15) is 14.4 Å². The van der Waals surface area contributed by atoms with E-state index in [1.807, 2.05) is 4.90 Å². The minimum Gasteiger partial charge on any atom is -0.495 e. The fourth-order valence-electron chi connectivity index (χ4n) is 4.11. The van der Waals surface area contributed by atoms with Gasteiger partial charge in [-0.2, -0.15) is 4.98 Å². The van der Waals surface area contributed by atoms with Crippen LogP contribution >= 0.6 is 11.6 Å². The number of carbonyl (C=O) groups excluding carboxylic acids is 2. The highest BCUT2D eigenvalue weighted by molar-refractivity contribution is 6.31. The number of benzene rings is 1. The number of fused-ring (bicyclic) bond motifs is 1. The van der Waals surface area contributed by atoms with Gasteiger partial charge in [0.15, 0.2) is 0 Å². The molecule has 0 aliphatic carbocycles. The van der Waals surface area contributed by atoms with Gasteiger partial charge in [0.1, 0.15) is 11.6 Å². The molecule has 2 unspecified atom stereocenters. The molecule has 31 heavy (non-hydrogen) atoms. The third-order valence-corrected chi connectivity index (χ3v) is 5.87. The molecule has 3 N–H and O–H groups in total. The van der Waals surface area contributed by atoms with Gasteiger partial charge in [-0.15, -0.1) is 0 Å². The first kappa shape index (κ1) is 21.2. The standard InChI is InChI=1S/C21H24ClN5O4/c1-11-4-3-7-27(10-11)21-25-18-17(20(30)26-21)13(9-16(28)24-18)19(29)23-14-8-12(22)5-6-15(14)31-2/h5-6,8,11,13H,3-4,7,9-10H2,1-2H3,(H,23,29)(H2,24,25,26,28,30). The van der Waals surface area contributed by atoms with Crippen molar-refractivity contribution in [3.63, 3.8) is 0 Å². The number of anilines is 3. The number of aromatic amines is 1. The Kier molecular flexibility index (Phi) is 5.86. The van der Waals surface area contributed by atoms with E-state index in [1.165, 1.54) is 7.11 Å². The number of nitrogens with one attached hydrogen (secondary N) is 3. The quantitative estimate of drug-likeness (QED) is 0.666. The summed E-state index contributed by atoms with van der Waals surface area (Å²) in [6, 6.07) is 4.81. The van der Waals surface area contributed by atoms with Gasteiger partial charge in [0.25, 0.3) is 5.56 Å². The Bertz CT molecular complexity index is 1090. The molecule has 0 spiro atoms. The average molecular weight is 446 g/mol. The number of hydrogen-bond acceptors (Lipinski definition) is 6. The van der Waals surface area contributed by atoms with Gasteiger partial charge >= 0.3 is 0 Å². The fraction of sp³-hybridized carbons (Fsp3) is 0.429. The van der Waals surface area contributed by atoms with Gasteiger partial charge in [-0.1, -0.05) is 18.5 Å². The summed E-state index contributed by atoms with van der Waals surface area (Å²) in [5.74, 6) is -0.432. The van der Waals surface area contributed by atoms with E-state index in [0.717, 1.165) is 25.9 Å². The van der Waals surface area contributed by atoms with Crippen LogP contribution in [0.15, 0.2) is 23.0 Å². The zero-order valence-corrected chi connectivity index (χ0v) is 18.1. The Balaban J connectivity index is 1.66. The summed E-state index contributed by atoms with van der Waals surface area (Å²) in [6.07, 6.45) is 1.96. The third-order valence-electron chi connectivity index (χ3n) is 5.63. The summed E-state index contributed by atoms with van der Waals surface area (Å²) in [4.78, 5) is 47.6.